The van der Waals surface area contributed by atoms with Crippen molar-refractivity contribution in [3.63, 3.8) is 0 Å². The van der Waals surface area contributed by atoms with Crippen LogP contribution < -0.4 is 16.2 Å². The van der Waals surface area contributed by atoms with Crippen LogP contribution in [-0.4, -0.2) is 49.5 Å². The monoisotopic (exact) mass is 337 g/mol. The fraction of sp³-hybridized carbons (Fsp3) is 0.846. The summed E-state index contributed by atoms with van der Waals surface area (Å²) in [5.74, 6) is -0.686. The normalized spacial score (nSPS) is 14.9. The average molecular weight is 337 g/mol. The van der Waals surface area contributed by atoms with E-state index in [4.69, 9.17) is 4.55 Å². The van der Waals surface area contributed by atoms with Crippen molar-refractivity contribution in [2.24, 2.45) is 11.8 Å². The Kier molecular flexibility index (Phi) is 9.42. The van der Waals surface area contributed by atoms with E-state index in [1.807, 2.05) is 27.7 Å². The zero-order valence-electron chi connectivity index (χ0n) is 13.5. The van der Waals surface area contributed by atoms with E-state index in [9.17, 15) is 18.0 Å². The molecule has 0 aromatic carbocycles. The average Bonchev–Trinajstić information content (AvgIpc) is 2.37. The SMILES string of the molecule is CC(C)[C@H](NNCCCS(=O)(=O)O)C(=O)N[C@H](C=O)C(C)C. The quantitative estimate of drug-likeness (QED) is 0.177. The molecule has 1 amide bonds. The molecule has 0 aromatic heterocycles. The van der Waals surface area contributed by atoms with E-state index in [1.54, 1.807) is 0 Å². The third-order valence-corrected chi connectivity index (χ3v) is 3.89. The molecule has 0 bridgehead atoms. The molecular formula is C13H27N3O5S. The van der Waals surface area contributed by atoms with Crippen LogP contribution >= 0.6 is 0 Å². The van der Waals surface area contributed by atoms with E-state index in [0.29, 0.717) is 6.29 Å². The van der Waals surface area contributed by atoms with Crippen molar-refractivity contribution >= 4 is 22.3 Å². The van der Waals surface area contributed by atoms with Crippen molar-refractivity contribution in [2.75, 3.05) is 12.3 Å². The summed E-state index contributed by atoms with van der Waals surface area (Å²) in [4.78, 5) is 23.1. The molecule has 0 aromatic rings. The summed E-state index contributed by atoms with van der Waals surface area (Å²) in [6.07, 6.45) is 0.917. The predicted molar refractivity (Wildman–Crippen MR) is 83.6 cm³/mol. The highest BCUT2D eigenvalue weighted by atomic mass is 32.2. The topological polar surface area (TPSA) is 125 Å². The van der Waals surface area contributed by atoms with Gasteiger partial charge in [0, 0.05) is 6.54 Å². The molecule has 0 heterocycles. The molecule has 0 saturated heterocycles. The summed E-state index contributed by atoms with van der Waals surface area (Å²) in [5, 5.41) is 2.67. The molecule has 0 aliphatic heterocycles. The Hall–Kier alpha value is -1.03. The van der Waals surface area contributed by atoms with Gasteiger partial charge in [-0.3, -0.25) is 14.8 Å². The smallest absolute Gasteiger partial charge is 0.264 e. The molecule has 9 heteroatoms. The highest BCUT2D eigenvalue weighted by Gasteiger charge is 2.25. The second-order valence-electron chi connectivity index (χ2n) is 5.85. The molecule has 0 radical (unpaired) electrons. The van der Waals surface area contributed by atoms with Gasteiger partial charge in [0.15, 0.2) is 0 Å². The fourth-order valence-corrected chi connectivity index (χ4v) is 2.18. The highest BCUT2D eigenvalue weighted by Crippen LogP contribution is 2.04. The molecule has 8 nitrogen and oxygen atoms in total. The lowest BCUT2D eigenvalue weighted by atomic mass is 10.0. The summed E-state index contributed by atoms with van der Waals surface area (Å²) in [6.45, 7) is 7.65. The van der Waals surface area contributed by atoms with Gasteiger partial charge in [-0.15, -0.1) is 0 Å². The molecular weight excluding hydrogens is 310 g/mol. The number of nitrogens with one attached hydrogen (secondary N) is 3. The van der Waals surface area contributed by atoms with E-state index < -0.39 is 22.2 Å². The number of hydrogen-bond acceptors (Lipinski definition) is 6. The molecule has 0 spiro atoms. The summed E-state index contributed by atoms with van der Waals surface area (Å²) in [7, 11) is -3.97. The predicted octanol–water partition coefficient (Wildman–Crippen LogP) is -0.277. The first-order chi connectivity index (χ1) is 10.1. The molecule has 0 unspecified atom stereocenters. The Bertz CT molecular complexity index is 451. The minimum atomic E-state index is -3.97. The summed E-state index contributed by atoms with van der Waals surface area (Å²) >= 11 is 0. The van der Waals surface area contributed by atoms with E-state index >= 15 is 0 Å². The molecule has 0 fully saturated rings. The van der Waals surface area contributed by atoms with Crippen LogP contribution in [-0.2, 0) is 19.7 Å². The van der Waals surface area contributed by atoms with Crippen LogP contribution in [0.15, 0.2) is 0 Å². The number of hydrogen-bond donors (Lipinski definition) is 4. The zero-order chi connectivity index (χ0) is 17.3. The number of amides is 1. The van der Waals surface area contributed by atoms with Crippen LogP contribution in [0.3, 0.4) is 0 Å². The van der Waals surface area contributed by atoms with E-state index in [1.165, 1.54) is 0 Å². The largest absolute Gasteiger partial charge is 0.345 e. The van der Waals surface area contributed by atoms with Crippen molar-refractivity contribution in [3.05, 3.63) is 0 Å². The highest BCUT2D eigenvalue weighted by molar-refractivity contribution is 7.85. The number of hydrazine groups is 1. The van der Waals surface area contributed by atoms with Crippen LogP contribution in [0.1, 0.15) is 34.1 Å². The third-order valence-electron chi connectivity index (χ3n) is 3.08. The minimum absolute atomic E-state index is 0.00279. The molecule has 2 atom stereocenters. The van der Waals surface area contributed by atoms with Crippen molar-refractivity contribution in [1.29, 1.82) is 0 Å². The van der Waals surface area contributed by atoms with Crippen molar-refractivity contribution in [3.8, 4) is 0 Å². The van der Waals surface area contributed by atoms with Gasteiger partial charge in [0.1, 0.15) is 12.3 Å². The van der Waals surface area contributed by atoms with E-state index in [-0.39, 0.29) is 36.5 Å². The summed E-state index contributed by atoms with van der Waals surface area (Å²) in [5.41, 5.74) is 5.59. The van der Waals surface area contributed by atoms with Gasteiger partial charge in [0.05, 0.1) is 11.8 Å². The standard InChI is InChI=1S/C13H27N3O5S/c1-9(2)11(8-17)15-13(18)12(10(3)4)16-14-6-5-7-22(19,20)21/h8-12,14,16H,5-7H2,1-4H3,(H,15,18)(H,19,20,21)/t11-,12+/m1/s1. The molecule has 22 heavy (non-hydrogen) atoms. The number of aldehydes is 1. The van der Waals surface area contributed by atoms with Crippen LogP contribution in [0.25, 0.3) is 0 Å². The Balaban J connectivity index is 4.36. The first-order valence-electron chi connectivity index (χ1n) is 7.27. The van der Waals surface area contributed by atoms with Crippen LogP contribution in [0.2, 0.25) is 0 Å². The van der Waals surface area contributed by atoms with Gasteiger partial charge < -0.3 is 10.1 Å². The summed E-state index contributed by atoms with van der Waals surface area (Å²) in [6, 6.07) is -1.11. The Morgan fingerprint density at radius 3 is 2.18 bits per heavy atom. The second kappa shape index (κ2) is 9.88. The number of carbonyl (C=O) groups is 2. The van der Waals surface area contributed by atoms with Crippen LogP contribution in [0.4, 0.5) is 0 Å². The fourth-order valence-electron chi connectivity index (χ4n) is 1.67. The van der Waals surface area contributed by atoms with Crippen molar-refractivity contribution in [2.45, 2.75) is 46.2 Å². The van der Waals surface area contributed by atoms with Gasteiger partial charge in [-0.25, -0.2) is 5.43 Å². The lowest BCUT2D eigenvalue weighted by Gasteiger charge is -2.25. The van der Waals surface area contributed by atoms with Gasteiger partial charge in [-0.05, 0) is 18.3 Å². The summed E-state index contributed by atoms with van der Waals surface area (Å²) < 4.78 is 29.8. The van der Waals surface area contributed by atoms with Gasteiger partial charge >= 0.3 is 0 Å². The van der Waals surface area contributed by atoms with Gasteiger partial charge in [0.25, 0.3) is 10.1 Å². The third kappa shape index (κ3) is 9.08. The Morgan fingerprint density at radius 2 is 1.77 bits per heavy atom. The van der Waals surface area contributed by atoms with Gasteiger partial charge in [-0.1, -0.05) is 27.7 Å². The molecule has 0 rings (SSSR count). The first kappa shape index (κ1) is 21.0. The van der Waals surface area contributed by atoms with E-state index in [2.05, 4.69) is 16.2 Å². The van der Waals surface area contributed by atoms with Crippen LogP contribution in [0, 0.1) is 11.8 Å². The van der Waals surface area contributed by atoms with E-state index in [0.717, 1.165) is 0 Å². The van der Waals surface area contributed by atoms with Crippen molar-refractivity contribution in [1.82, 2.24) is 16.2 Å². The molecule has 0 saturated carbocycles. The Morgan fingerprint density at radius 1 is 1.18 bits per heavy atom. The maximum atomic E-state index is 12.2. The molecule has 130 valence electrons. The van der Waals surface area contributed by atoms with Crippen LogP contribution in [0.5, 0.6) is 0 Å². The number of rotatable bonds is 11. The lowest BCUT2D eigenvalue weighted by molar-refractivity contribution is -0.127. The zero-order valence-corrected chi connectivity index (χ0v) is 14.3. The second-order valence-corrected chi connectivity index (χ2v) is 7.42. The van der Waals surface area contributed by atoms with Gasteiger partial charge in [0.2, 0.25) is 5.91 Å². The molecule has 0 aliphatic carbocycles. The number of carbonyl (C=O) groups excluding carboxylic acids is 2. The minimum Gasteiger partial charge on any atom is -0.345 e. The molecule has 0 aliphatic rings. The Labute approximate surface area is 132 Å². The first-order valence-corrected chi connectivity index (χ1v) is 8.88. The molecule has 4 N–H and O–H groups in total. The maximum absolute atomic E-state index is 12.2. The lowest BCUT2D eigenvalue weighted by Crippen LogP contribution is -2.55. The van der Waals surface area contributed by atoms with Crippen molar-refractivity contribution < 1.29 is 22.6 Å². The maximum Gasteiger partial charge on any atom is 0.264 e. The van der Waals surface area contributed by atoms with Gasteiger partial charge in [-0.2, -0.15) is 8.42 Å².